The summed E-state index contributed by atoms with van der Waals surface area (Å²) in [5.74, 6) is -2.28. The molecule has 5 N–H and O–H groups in total. The van der Waals surface area contributed by atoms with E-state index < -0.39 is 28.7 Å². The number of phenols is 5. The van der Waals surface area contributed by atoms with E-state index in [-0.39, 0.29) is 5.56 Å². The van der Waals surface area contributed by atoms with Crippen molar-refractivity contribution in [3.63, 3.8) is 0 Å². The molecule has 1 aliphatic carbocycles. The minimum Gasteiger partial charge on any atom is -0.504 e. The van der Waals surface area contributed by atoms with Crippen LogP contribution in [0.25, 0.3) is 73.6 Å². The largest absolute Gasteiger partial charge is 0.504 e. The molecule has 1 aliphatic rings. The first-order valence-corrected chi connectivity index (χ1v) is 18.1. The van der Waals surface area contributed by atoms with Gasteiger partial charge < -0.3 is 25.5 Å². The number of hydrogen-bond acceptors (Lipinski definition) is 8. The summed E-state index contributed by atoms with van der Waals surface area (Å²) in [6, 6.07) is 40.7. The molecule has 8 nitrogen and oxygen atoms in total. The topological polar surface area (TPSA) is 140 Å². The van der Waals surface area contributed by atoms with Gasteiger partial charge in [0.25, 0.3) is 0 Å². The summed E-state index contributed by atoms with van der Waals surface area (Å²) in [5, 5.41) is 50.5. The Morgan fingerprint density at radius 3 is 1.54 bits per heavy atom. The molecule has 6 aromatic carbocycles. The number of benzene rings is 6. The lowest BCUT2D eigenvalue weighted by atomic mass is 9.88. The molecular formula is C48H37N3O5. The molecule has 0 amide bonds. The molecule has 0 atom stereocenters. The summed E-state index contributed by atoms with van der Waals surface area (Å²) in [7, 11) is 0. The molecule has 0 spiro atoms. The van der Waals surface area contributed by atoms with Crippen molar-refractivity contribution in [2.24, 2.45) is 0 Å². The average Bonchev–Trinajstić information content (AvgIpc) is 3.25. The lowest BCUT2D eigenvalue weighted by Gasteiger charge is -2.19. The zero-order valence-electron chi connectivity index (χ0n) is 30.5. The maximum Gasteiger partial charge on any atom is 0.208 e. The van der Waals surface area contributed by atoms with Crippen LogP contribution in [-0.2, 0) is 0 Å². The second kappa shape index (κ2) is 14.8. The monoisotopic (exact) mass is 735 g/mol. The van der Waals surface area contributed by atoms with E-state index in [0.717, 1.165) is 61.2 Å². The highest BCUT2D eigenvalue weighted by Gasteiger charge is 2.26. The number of aromatic nitrogens is 3. The van der Waals surface area contributed by atoms with E-state index in [0.29, 0.717) is 35.9 Å². The van der Waals surface area contributed by atoms with Crippen LogP contribution in [0.15, 0.2) is 140 Å². The van der Waals surface area contributed by atoms with Gasteiger partial charge in [0, 0.05) is 16.7 Å². The molecule has 0 saturated carbocycles. The van der Waals surface area contributed by atoms with E-state index in [2.05, 4.69) is 68.1 Å². The van der Waals surface area contributed by atoms with Crippen molar-refractivity contribution < 1.29 is 25.5 Å². The predicted molar refractivity (Wildman–Crippen MR) is 222 cm³/mol. The maximum absolute atomic E-state index is 10.4. The van der Waals surface area contributed by atoms with Crippen LogP contribution in [-0.4, -0.2) is 40.5 Å². The highest BCUT2D eigenvalue weighted by atomic mass is 16.4. The Kier molecular flexibility index (Phi) is 9.38. The van der Waals surface area contributed by atoms with Crippen LogP contribution < -0.4 is 0 Å². The molecule has 7 aromatic rings. The summed E-state index contributed by atoms with van der Waals surface area (Å²) in [5.41, 5.74) is 11.4. The fourth-order valence-corrected chi connectivity index (χ4v) is 7.21. The van der Waals surface area contributed by atoms with Crippen LogP contribution in [0, 0.1) is 6.92 Å². The number of aromatic hydroxyl groups is 5. The number of phenolic OH excluding ortho intramolecular Hbond substituents is 5. The Morgan fingerprint density at radius 1 is 0.464 bits per heavy atom. The van der Waals surface area contributed by atoms with Crippen molar-refractivity contribution in [3.05, 3.63) is 162 Å². The van der Waals surface area contributed by atoms with Gasteiger partial charge in [-0.15, -0.1) is 0 Å². The predicted octanol–water partition coefficient (Wildman–Crippen LogP) is 10.9. The summed E-state index contributed by atoms with van der Waals surface area (Å²) in [6.45, 7) is 6.26. The molecular weight excluding hydrogens is 699 g/mol. The first kappa shape index (κ1) is 35.6. The van der Waals surface area contributed by atoms with Crippen molar-refractivity contribution in [3.8, 4) is 85.2 Å². The third kappa shape index (κ3) is 6.54. The van der Waals surface area contributed by atoms with Gasteiger partial charge >= 0.3 is 0 Å². The SMILES string of the molecule is C=Cc1cc(-c2ccc(C3=CC=C(c4c(O)c(O)c(O)c(O)c4O)CC3)cc2)ccc1-c1cccc(-c2nc(-c3ccccc3)nc(-c3ccccc3)n2)c1C. The molecule has 0 bridgehead atoms. The van der Waals surface area contributed by atoms with E-state index in [1.807, 2.05) is 78.9 Å². The van der Waals surface area contributed by atoms with E-state index in [4.69, 9.17) is 15.0 Å². The smallest absolute Gasteiger partial charge is 0.208 e. The third-order valence-electron chi connectivity index (χ3n) is 10.3. The zero-order chi connectivity index (χ0) is 38.9. The second-order valence-corrected chi connectivity index (χ2v) is 13.6. The molecule has 0 unspecified atom stereocenters. The Labute approximate surface area is 324 Å². The van der Waals surface area contributed by atoms with Crippen LogP contribution in [0.5, 0.6) is 28.7 Å². The molecule has 56 heavy (non-hydrogen) atoms. The molecule has 0 radical (unpaired) electrons. The van der Waals surface area contributed by atoms with Gasteiger partial charge in [0.1, 0.15) is 0 Å². The van der Waals surface area contributed by atoms with Gasteiger partial charge in [-0.05, 0) is 75.9 Å². The average molecular weight is 736 g/mol. The second-order valence-electron chi connectivity index (χ2n) is 13.6. The van der Waals surface area contributed by atoms with Gasteiger partial charge in [-0.25, -0.2) is 15.0 Å². The lowest BCUT2D eigenvalue weighted by molar-refractivity contribution is 0.327. The normalized spacial score (nSPS) is 12.5. The maximum atomic E-state index is 10.4. The molecule has 0 aliphatic heterocycles. The van der Waals surface area contributed by atoms with Crippen molar-refractivity contribution in [2.75, 3.05) is 0 Å². The molecule has 1 heterocycles. The number of hydrogen-bond donors (Lipinski definition) is 5. The van der Waals surface area contributed by atoms with E-state index in [1.165, 1.54) is 0 Å². The van der Waals surface area contributed by atoms with E-state index in [1.54, 1.807) is 6.08 Å². The Bertz CT molecular complexity index is 2620. The quantitative estimate of drug-likeness (QED) is 0.0767. The minimum absolute atomic E-state index is 0.105. The molecule has 8 heteroatoms. The van der Waals surface area contributed by atoms with Crippen LogP contribution in [0.4, 0.5) is 0 Å². The molecule has 0 fully saturated rings. The standard InChI is InChI=1S/C48H37N3O5/c1-3-29-27-36(32-19-17-30(18-20-32)31-21-23-33(24-22-31)40-41(52)43(54)45(56)44(55)42(40)53)25-26-39(29)37-15-10-16-38(28(37)2)48-50-46(34-11-6-4-7-12-34)49-47(51-48)35-13-8-5-9-14-35/h3-21,23,25-27,52-56H,1,22,24H2,2H3. The van der Waals surface area contributed by atoms with Gasteiger partial charge in [-0.1, -0.05) is 140 Å². The van der Waals surface area contributed by atoms with Gasteiger partial charge in [-0.2, -0.15) is 0 Å². The van der Waals surface area contributed by atoms with Crippen molar-refractivity contribution in [1.29, 1.82) is 0 Å². The number of nitrogens with zero attached hydrogens (tertiary/aromatic N) is 3. The highest BCUT2D eigenvalue weighted by Crippen LogP contribution is 2.54. The van der Waals surface area contributed by atoms with Gasteiger partial charge in [0.2, 0.25) is 17.2 Å². The summed E-state index contributed by atoms with van der Waals surface area (Å²) < 4.78 is 0. The Hall–Kier alpha value is -7.45. The first-order valence-electron chi connectivity index (χ1n) is 18.1. The van der Waals surface area contributed by atoms with E-state index >= 15 is 0 Å². The zero-order valence-corrected chi connectivity index (χ0v) is 30.5. The molecule has 8 rings (SSSR count). The van der Waals surface area contributed by atoms with Gasteiger partial charge in [-0.3, -0.25) is 0 Å². The fraction of sp³-hybridized carbons (Fsp3) is 0.0625. The first-order chi connectivity index (χ1) is 27.2. The highest BCUT2D eigenvalue weighted by molar-refractivity contribution is 5.88. The fourth-order valence-electron chi connectivity index (χ4n) is 7.21. The van der Waals surface area contributed by atoms with Gasteiger partial charge in [0.15, 0.2) is 29.0 Å². The van der Waals surface area contributed by atoms with Crippen molar-refractivity contribution in [1.82, 2.24) is 15.0 Å². The Morgan fingerprint density at radius 2 is 0.964 bits per heavy atom. The lowest BCUT2D eigenvalue weighted by Crippen LogP contribution is -2.01. The summed E-state index contributed by atoms with van der Waals surface area (Å²) in [4.78, 5) is 14.8. The number of allylic oxidation sites excluding steroid dienone is 4. The summed E-state index contributed by atoms with van der Waals surface area (Å²) in [6.07, 6.45) is 6.51. The van der Waals surface area contributed by atoms with Crippen molar-refractivity contribution in [2.45, 2.75) is 19.8 Å². The van der Waals surface area contributed by atoms with Crippen LogP contribution in [0.1, 0.15) is 35.1 Å². The van der Waals surface area contributed by atoms with E-state index in [9.17, 15) is 25.5 Å². The minimum atomic E-state index is -0.970. The van der Waals surface area contributed by atoms with Crippen LogP contribution in [0.3, 0.4) is 0 Å². The van der Waals surface area contributed by atoms with Crippen LogP contribution in [0.2, 0.25) is 0 Å². The molecule has 0 saturated heterocycles. The van der Waals surface area contributed by atoms with Crippen molar-refractivity contribution >= 4 is 17.2 Å². The molecule has 1 aromatic heterocycles. The third-order valence-corrected chi connectivity index (χ3v) is 10.3. The molecule has 274 valence electrons. The van der Waals surface area contributed by atoms with Gasteiger partial charge in [0.05, 0.1) is 5.56 Å². The van der Waals surface area contributed by atoms with Crippen LogP contribution >= 0.6 is 0 Å². The summed E-state index contributed by atoms with van der Waals surface area (Å²) >= 11 is 0. The number of rotatable bonds is 8. The Balaban J connectivity index is 1.09.